The number of nitrogens with two attached hydrogens (primary N) is 1. The lowest BCUT2D eigenvalue weighted by Gasteiger charge is -2.31. The molecule has 0 aliphatic carbocycles. The zero-order valence-corrected chi connectivity index (χ0v) is 16.8. The fraction of sp³-hybridized carbons (Fsp3) is 0.333. The summed E-state index contributed by atoms with van der Waals surface area (Å²) in [4.78, 5) is 4.57. The third-order valence-corrected chi connectivity index (χ3v) is 5.21. The lowest BCUT2D eigenvalue weighted by atomic mass is 10.00. The molecule has 27 heavy (non-hydrogen) atoms. The van der Waals surface area contributed by atoms with Crippen LogP contribution in [0.2, 0.25) is 0 Å². The first-order chi connectivity index (χ1) is 13.0. The van der Waals surface area contributed by atoms with Crippen molar-refractivity contribution in [3.05, 3.63) is 78.0 Å². The molecule has 0 unspecified atom stereocenters. The van der Waals surface area contributed by atoms with Crippen molar-refractivity contribution >= 4 is 5.69 Å². The first-order valence-corrected chi connectivity index (χ1v) is 9.67. The van der Waals surface area contributed by atoms with E-state index >= 15 is 0 Å². The summed E-state index contributed by atoms with van der Waals surface area (Å²) in [6.07, 6.45) is 2.38. The summed E-state index contributed by atoms with van der Waals surface area (Å²) < 4.78 is 0. The number of rotatable bonds is 6. The van der Waals surface area contributed by atoms with E-state index in [1.807, 2.05) is 7.05 Å². The van der Waals surface area contributed by atoms with Crippen molar-refractivity contribution in [3.8, 4) is 11.1 Å². The third-order valence-electron chi connectivity index (χ3n) is 5.21. The van der Waals surface area contributed by atoms with Crippen molar-refractivity contribution < 1.29 is 0 Å². The Morgan fingerprint density at radius 3 is 2.59 bits per heavy atom. The standard InChI is InChI=1S/C24H31N3/c1-18-12-19(2)16-27(15-18)24-10-8-22(9-11-24)23-7-5-6-21(13-23)17-26(4)20(3)14-25/h5-13,18H,3,14-17,25H2,1-2,4H3/t18-/m1/s1. The van der Waals surface area contributed by atoms with E-state index in [0.29, 0.717) is 12.5 Å². The molecule has 0 fully saturated rings. The van der Waals surface area contributed by atoms with Gasteiger partial charge in [0.2, 0.25) is 0 Å². The minimum absolute atomic E-state index is 0.488. The second-order valence-corrected chi connectivity index (χ2v) is 7.74. The first-order valence-electron chi connectivity index (χ1n) is 9.67. The minimum Gasteiger partial charge on any atom is -0.373 e. The SMILES string of the molecule is C=C(CN)N(C)Cc1cccc(-c2ccc(N3CC(C)=C[C@@H](C)C3)cc2)c1. The molecule has 1 aliphatic heterocycles. The van der Waals surface area contributed by atoms with E-state index in [1.54, 1.807) is 0 Å². The van der Waals surface area contributed by atoms with Gasteiger partial charge in [0.15, 0.2) is 0 Å². The van der Waals surface area contributed by atoms with Gasteiger partial charge < -0.3 is 15.5 Å². The summed E-state index contributed by atoms with van der Waals surface area (Å²) in [6.45, 7) is 11.9. The fourth-order valence-electron chi connectivity index (χ4n) is 3.76. The van der Waals surface area contributed by atoms with E-state index in [9.17, 15) is 0 Å². The van der Waals surface area contributed by atoms with Crippen molar-refractivity contribution in [1.29, 1.82) is 0 Å². The number of nitrogens with zero attached hydrogens (tertiary/aromatic N) is 2. The van der Waals surface area contributed by atoms with E-state index < -0.39 is 0 Å². The van der Waals surface area contributed by atoms with Crippen LogP contribution in [-0.2, 0) is 6.54 Å². The summed E-state index contributed by atoms with van der Waals surface area (Å²) in [6, 6.07) is 17.7. The molecule has 142 valence electrons. The zero-order valence-electron chi connectivity index (χ0n) is 16.8. The Morgan fingerprint density at radius 1 is 1.19 bits per heavy atom. The van der Waals surface area contributed by atoms with E-state index in [4.69, 9.17) is 5.73 Å². The maximum Gasteiger partial charge on any atom is 0.0423 e. The van der Waals surface area contributed by atoms with Crippen molar-refractivity contribution in [1.82, 2.24) is 4.90 Å². The lowest BCUT2D eigenvalue weighted by Crippen LogP contribution is -2.33. The van der Waals surface area contributed by atoms with Crippen molar-refractivity contribution in [2.45, 2.75) is 20.4 Å². The minimum atomic E-state index is 0.488. The topological polar surface area (TPSA) is 32.5 Å². The highest BCUT2D eigenvalue weighted by molar-refractivity contribution is 5.67. The Morgan fingerprint density at radius 2 is 1.93 bits per heavy atom. The summed E-state index contributed by atoms with van der Waals surface area (Å²) in [5.41, 5.74) is 13.1. The van der Waals surface area contributed by atoms with Gasteiger partial charge in [0, 0.05) is 44.6 Å². The summed E-state index contributed by atoms with van der Waals surface area (Å²) >= 11 is 0. The van der Waals surface area contributed by atoms with Gasteiger partial charge in [-0.15, -0.1) is 0 Å². The molecule has 1 heterocycles. The normalized spacial score (nSPS) is 16.8. The van der Waals surface area contributed by atoms with E-state index in [-0.39, 0.29) is 0 Å². The zero-order chi connectivity index (χ0) is 19.4. The van der Waals surface area contributed by atoms with Gasteiger partial charge in [-0.1, -0.05) is 55.5 Å². The maximum atomic E-state index is 5.69. The monoisotopic (exact) mass is 361 g/mol. The number of likely N-dealkylation sites (N-methyl/N-ethyl adjacent to an activating group) is 1. The van der Waals surface area contributed by atoms with Gasteiger partial charge in [0.05, 0.1) is 0 Å². The van der Waals surface area contributed by atoms with Crippen LogP contribution in [-0.4, -0.2) is 31.6 Å². The highest BCUT2D eigenvalue weighted by atomic mass is 15.1. The molecule has 0 radical (unpaired) electrons. The number of hydrogen-bond acceptors (Lipinski definition) is 3. The summed E-state index contributed by atoms with van der Waals surface area (Å²) in [5, 5.41) is 0. The second kappa shape index (κ2) is 8.45. The van der Waals surface area contributed by atoms with E-state index in [2.05, 4.69) is 84.8 Å². The van der Waals surface area contributed by atoms with E-state index in [0.717, 1.165) is 25.3 Å². The average Bonchev–Trinajstić information content (AvgIpc) is 2.67. The van der Waals surface area contributed by atoms with E-state index in [1.165, 1.54) is 28.0 Å². The predicted molar refractivity (Wildman–Crippen MR) is 117 cm³/mol. The van der Waals surface area contributed by atoms with Gasteiger partial charge in [0.25, 0.3) is 0 Å². The Balaban J connectivity index is 1.75. The fourth-order valence-corrected chi connectivity index (χ4v) is 3.76. The molecule has 0 saturated carbocycles. The summed E-state index contributed by atoms with van der Waals surface area (Å²) in [5.74, 6) is 0.607. The molecule has 0 spiro atoms. The van der Waals surface area contributed by atoms with Crippen LogP contribution >= 0.6 is 0 Å². The van der Waals surface area contributed by atoms with Crippen LogP contribution in [0.1, 0.15) is 19.4 Å². The molecule has 0 saturated heterocycles. The largest absolute Gasteiger partial charge is 0.373 e. The van der Waals surface area contributed by atoms with Crippen LogP contribution in [0.15, 0.2) is 72.5 Å². The van der Waals surface area contributed by atoms with Crippen molar-refractivity contribution in [2.75, 3.05) is 31.6 Å². The molecule has 3 nitrogen and oxygen atoms in total. The van der Waals surface area contributed by atoms with Gasteiger partial charge in [-0.25, -0.2) is 0 Å². The molecule has 0 amide bonds. The molecule has 2 N–H and O–H groups in total. The quantitative estimate of drug-likeness (QED) is 0.760. The molecule has 1 atom stereocenters. The third kappa shape index (κ3) is 4.81. The molecule has 0 bridgehead atoms. The molecular formula is C24H31N3. The molecule has 3 heteroatoms. The number of anilines is 1. The molecule has 2 aromatic carbocycles. The maximum absolute atomic E-state index is 5.69. The van der Waals surface area contributed by atoms with Crippen LogP contribution in [0.3, 0.4) is 0 Å². The lowest BCUT2D eigenvalue weighted by molar-refractivity contribution is 0.407. The van der Waals surface area contributed by atoms with Crippen LogP contribution in [0.4, 0.5) is 5.69 Å². The van der Waals surface area contributed by atoms with Crippen molar-refractivity contribution in [3.63, 3.8) is 0 Å². The van der Waals surface area contributed by atoms with Crippen LogP contribution in [0.5, 0.6) is 0 Å². The second-order valence-electron chi connectivity index (χ2n) is 7.74. The Kier molecular flexibility index (Phi) is 6.02. The molecular weight excluding hydrogens is 330 g/mol. The highest BCUT2D eigenvalue weighted by Gasteiger charge is 2.15. The molecule has 3 rings (SSSR count). The van der Waals surface area contributed by atoms with Crippen molar-refractivity contribution in [2.24, 2.45) is 11.7 Å². The van der Waals surface area contributed by atoms with Crippen LogP contribution in [0.25, 0.3) is 11.1 Å². The van der Waals surface area contributed by atoms with Crippen LogP contribution < -0.4 is 10.6 Å². The average molecular weight is 362 g/mol. The Labute approximate surface area is 163 Å². The highest BCUT2D eigenvalue weighted by Crippen LogP contribution is 2.27. The number of benzene rings is 2. The Bertz CT molecular complexity index is 820. The smallest absolute Gasteiger partial charge is 0.0423 e. The Hall–Kier alpha value is -2.52. The van der Waals surface area contributed by atoms with Crippen LogP contribution in [0, 0.1) is 5.92 Å². The molecule has 0 aromatic heterocycles. The molecule has 2 aromatic rings. The molecule has 1 aliphatic rings. The van der Waals surface area contributed by atoms with Gasteiger partial charge in [-0.3, -0.25) is 0 Å². The van der Waals surface area contributed by atoms with Gasteiger partial charge in [0.1, 0.15) is 0 Å². The predicted octanol–water partition coefficient (Wildman–Crippen LogP) is 4.66. The summed E-state index contributed by atoms with van der Waals surface area (Å²) in [7, 11) is 2.03. The first kappa shape index (κ1) is 19.2. The van der Waals surface area contributed by atoms with Gasteiger partial charge in [-0.2, -0.15) is 0 Å². The van der Waals surface area contributed by atoms with Gasteiger partial charge >= 0.3 is 0 Å². The number of hydrogen-bond donors (Lipinski definition) is 1. The van der Waals surface area contributed by atoms with Gasteiger partial charge in [-0.05, 0) is 47.7 Å².